The molecule has 0 bridgehead atoms. The number of carbonyl (C=O) groups is 1. The van der Waals surface area contributed by atoms with Gasteiger partial charge < -0.3 is 10.1 Å². The van der Waals surface area contributed by atoms with Crippen LogP contribution in [0.15, 0.2) is 72.9 Å². The second kappa shape index (κ2) is 9.53. The molecule has 27 heavy (non-hydrogen) atoms. The van der Waals surface area contributed by atoms with Crippen LogP contribution in [0, 0.1) is 6.92 Å². The Hall–Kier alpha value is -3.14. The van der Waals surface area contributed by atoms with E-state index in [2.05, 4.69) is 41.5 Å². The first-order chi connectivity index (χ1) is 13.2. The quantitative estimate of drug-likeness (QED) is 0.620. The molecule has 0 aliphatic rings. The van der Waals surface area contributed by atoms with Crippen molar-refractivity contribution < 1.29 is 9.53 Å². The number of hydrogen-bond acceptors (Lipinski definition) is 3. The zero-order chi connectivity index (χ0) is 18.9. The molecule has 2 aromatic carbocycles. The molecule has 0 saturated heterocycles. The van der Waals surface area contributed by atoms with Gasteiger partial charge in [0.1, 0.15) is 12.4 Å². The SMILES string of the molecule is Cc1ccc(CCCC(=O)Nc2cccc(OCc3ccccn3)c2)cc1. The van der Waals surface area contributed by atoms with Gasteiger partial charge in [-0.3, -0.25) is 9.78 Å². The number of rotatable bonds is 8. The Labute approximate surface area is 160 Å². The van der Waals surface area contributed by atoms with Crippen molar-refractivity contribution in [2.24, 2.45) is 0 Å². The van der Waals surface area contributed by atoms with Crippen LogP contribution in [-0.2, 0) is 17.8 Å². The van der Waals surface area contributed by atoms with Crippen molar-refractivity contribution in [1.29, 1.82) is 0 Å². The number of benzene rings is 2. The molecular formula is C23H24N2O2. The molecule has 0 aliphatic heterocycles. The maximum atomic E-state index is 12.2. The van der Waals surface area contributed by atoms with Gasteiger partial charge >= 0.3 is 0 Å². The van der Waals surface area contributed by atoms with E-state index in [1.54, 1.807) is 6.20 Å². The second-order valence-corrected chi connectivity index (χ2v) is 6.52. The van der Waals surface area contributed by atoms with E-state index in [4.69, 9.17) is 4.74 Å². The van der Waals surface area contributed by atoms with Gasteiger partial charge in [-0.15, -0.1) is 0 Å². The molecule has 0 fully saturated rings. The second-order valence-electron chi connectivity index (χ2n) is 6.52. The lowest BCUT2D eigenvalue weighted by molar-refractivity contribution is -0.116. The van der Waals surface area contributed by atoms with Crippen LogP contribution >= 0.6 is 0 Å². The zero-order valence-corrected chi connectivity index (χ0v) is 15.5. The van der Waals surface area contributed by atoms with Crippen molar-refractivity contribution in [3.05, 3.63) is 89.7 Å². The fourth-order valence-corrected chi connectivity index (χ4v) is 2.74. The Morgan fingerprint density at radius 1 is 1.04 bits per heavy atom. The van der Waals surface area contributed by atoms with E-state index >= 15 is 0 Å². The summed E-state index contributed by atoms with van der Waals surface area (Å²) in [4.78, 5) is 16.4. The van der Waals surface area contributed by atoms with Crippen molar-refractivity contribution in [3.8, 4) is 5.75 Å². The number of amides is 1. The summed E-state index contributed by atoms with van der Waals surface area (Å²) in [5.41, 5.74) is 4.12. The maximum Gasteiger partial charge on any atom is 0.224 e. The van der Waals surface area contributed by atoms with Crippen molar-refractivity contribution in [2.45, 2.75) is 32.8 Å². The van der Waals surface area contributed by atoms with Crippen LogP contribution in [0.3, 0.4) is 0 Å². The average molecular weight is 360 g/mol. The van der Waals surface area contributed by atoms with Crippen LogP contribution < -0.4 is 10.1 Å². The van der Waals surface area contributed by atoms with Gasteiger partial charge in [0.2, 0.25) is 5.91 Å². The highest BCUT2D eigenvalue weighted by Crippen LogP contribution is 2.19. The van der Waals surface area contributed by atoms with E-state index in [1.165, 1.54) is 11.1 Å². The molecule has 4 nitrogen and oxygen atoms in total. The fourth-order valence-electron chi connectivity index (χ4n) is 2.74. The lowest BCUT2D eigenvalue weighted by Crippen LogP contribution is -2.11. The highest BCUT2D eigenvalue weighted by Gasteiger charge is 2.05. The van der Waals surface area contributed by atoms with E-state index in [1.807, 2.05) is 42.5 Å². The molecule has 138 valence electrons. The van der Waals surface area contributed by atoms with Crippen LogP contribution in [0.1, 0.15) is 29.7 Å². The molecule has 4 heteroatoms. The predicted octanol–water partition coefficient (Wildman–Crippen LogP) is 4.93. The highest BCUT2D eigenvalue weighted by molar-refractivity contribution is 5.90. The van der Waals surface area contributed by atoms with Crippen LogP contribution in [0.5, 0.6) is 5.75 Å². The van der Waals surface area contributed by atoms with Gasteiger partial charge in [-0.1, -0.05) is 42.0 Å². The van der Waals surface area contributed by atoms with E-state index in [9.17, 15) is 4.79 Å². The molecule has 0 radical (unpaired) electrons. The minimum atomic E-state index is 0.0176. The third kappa shape index (κ3) is 6.26. The van der Waals surface area contributed by atoms with Crippen LogP contribution in [0.4, 0.5) is 5.69 Å². The number of aromatic nitrogens is 1. The molecule has 0 atom stereocenters. The number of hydrogen-bond donors (Lipinski definition) is 1. The van der Waals surface area contributed by atoms with Crippen molar-refractivity contribution in [3.63, 3.8) is 0 Å². The summed E-state index contributed by atoms with van der Waals surface area (Å²) in [5.74, 6) is 0.724. The largest absolute Gasteiger partial charge is 0.487 e. The third-order valence-electron chi connectivity index (χ3n) is 4.22. The summed E-state index contributed by atoms with van der Waals surface area (Å²) < 4.78 is 5.75. The molecule has 3 rings (SSSR count). The molecule has 1 heterocycles. The van der Waals surface area contributed by atoms with Crippen molar-refractivity contribution in [1.82, 2.24) is 4.98 Å². The van der Waals surface area contributed by atoms with Crippen molar-refractivity contribution in [2.75, 3.05) is 5.32 Å². The maximum absolute atomic E-state index is 12.2. The normalized spacial score (nSPS) is 10.4. The lowest BCUT2D eigenvalue weighted by Gasteiger charge is -2.09. The summed E-state index contributed by atoms with van der Waals surface area (Å²) in [6, 6.07) is 21.6. The third-order valence-corrected chi connectivity index (χ3v) is 4.22. The summed E-state index contributed by atoms with van der Waals surface area (Å²) >= 11 is 0. The minimum Gasteiger partial charge on any atom is -0.487 e. The Morgan fingerprint density at radius 2 is 1.89 bits per heavy atom. The summed E-state index contributed by atoms with van der Waals surface area (Å²) in [7, 11) is 0. The van der Waals surface area contributed by atoms with Crippen molar-refractivity contribution >= 4 is 11.6 Å². The molecule has 0 aliphatic carbocycles. The molecule has 0 unspecified atom stereocenters. The van der Waals surface area contributed by atoms with Gasteiger partial charge in [-0.25, -0.2) is 0 Å². The fraction of sp³-hybridized carbons (Fsp3) is 0.217. The Bertz CT molecular complexity index is 861. The molecular weight excluding hydrogens is 336 g/mol. The number of carbonyl (C=O) groups excluding carboxylic acids is 1. The van der Waals surface area contributed by atoms with Gasteiger partial charge in [-0.2, -0.15) is 0 Å². The molecule has 1 aromatic heterocycles. The number of aryl methyl sites for hydroxylation is 2. The first kappa shape index (κ1) is 18.6. The Morgan fingerprint density at radius 3 is 2.67 bits per heavy atom. The van der Waals surface area contributed by atoms with E-state index in [-0.39, 0.29) is 5.91 Å². The summed E-state index contributed by atoms with van der Waals surface area (Å²) in [6.45, 7) is 2.47. The number of pyridine rings is 1. The molecule has 1 amide bonds. The van der Waals surface area contributed by atoms with E-state index in [0.717, 1.165) is 24.2 Å². The number of nitrogens with one attached hydrogen (secondary N) is 1. The Balaban J connectivity index is 1.45. The zero-order valence-electron chi connectivity index (χ0n) is 15.5. The van der Waals surface area contributed by atoms with Gasteiger partial charge in [0.15, 0.2) is 0 Å². The lowest BCUT2D eigenvalue weighted by atomic mass is 10.1. The summed E-state index contributed by atoms with van der Waals surface area (Å²) in [5, 5.41) is 2.94. The Kier molecular flexibility index (Phi) is 6.58. The van der Waals surface area contributed by atoms with Crippen LogP contribution in [0.2, 0.25) is 0 Å². The monoisotopic (exact) mass is 360 g/mol. The molecule has 0 saturated carbocycles. The molecule has 1 N–H and O–H groups in total. The standard InChI is InChI=1S/C23H24N2O2/c1-18-11-13-19(14-12-18)6-4-10-23(26)25-20-8-5-9-22(16-20)27-17-21-7-2-3-15-24-21/h2-3,5,7-9,11-16H,4,6,10,17H2,1H3,(H,25,26). The topological polar surface area (TPSA) is 51.2 Å². The van der Waals surface area contributed by atoms with Gasteiger partial charge in [0, 0.05) is 24.4 Å². The predicted molar refractivity (Wildman–Crippen MR) is 108 cm³/mol. The van der Waals surface area contributed by atoms with Crippen LogP contribution in [-0.4, -0.2) is 10.9 Å². The first-order valence-electron chi connectivity index (χ1n) is 9.17. The van der Waals surface area contributed by atoms with Gasteiger partial charge in [0.25, 0.3) is 0 Å². The first-order valence-corrected chi connectivity index (χ1v) is 9.17. The highest BCUT2D eigenvalue weighted by atomic mass is 16.5. The average Bonchev–Trinajstić information content (AvgIpc) is 2.69. The summed E-state index contributed by atoms with van der Waals surface area (Å²) in [6.07, 6.45) is 3.96. The number of anilines is 1. The van der Waals surface area contributed by atoms with E-state index < -0.39 is 0 Å². The molecule has 3 aromatic rings. The number of nitrogens with zero attached hydrogens (tertiary/aromatic N) is 1. The van der Waals surface area contributed by atoms with Gasteiger partial charge in [0.05, 0.1) is 5.69 Å². The minimum absolute atomic E-state index is 0.0176. The number of ether oxygens (including phenoxy) is 1. The smallest absolute Gasteiger partial charge is 0.224 e. The van der Waals surface area contributed by atoms with Crippen LogP contribution in [0.25, 0.3) is 0 Å². The molecule has 0 spiro atoms. The van der Waals surface area contributed by atoms with E-state index in [0.29, 0.717) is 18.8 Å². The van der Waals surface area contributed by atoms with Gasteiger partial charge in [-0.05, 0) is 49.6 Å².